The third-order valence-electron chi connectivity index (χ3n) is 4.25. The van der Waals surface area contributed by atoms with E-state index in [1.165, 1.54) is 0 Å². The normalized spacial score (nSPS) is 11.7. The Morgan fingerprint density at radius 1 is 0.967 bits per heavy atom. The molecule has 0 amide bonds. The number of allylic oxidation sites excluding steroid dienone is 1. The fourth-order valence-corrected chi connectivity index (χ4v) is 2.81. The first-order valence-electron chi connectivity index (χ1n) is 10.0. The number of nitrogens with zero attached hydrogens (tertiary/aromatic N) is 2. The average Bonchev–Trinajstić information content (AvgIpc) is 2.71. The molecule has 3 rings (SSSR count). The second-order valence-electron chi connectivity index (χ2n) is 8.11. The van der Waals surface area contributed by atoms with Crippen LogP contribution in [0.25, 0.3) is 6.08 Å². The third kappa shape index (κ3) is 5.31. The van der Waals surface area contributed by atoms with Crippen LogP contribution in [0.3, 0.4) is 0 Å². The lowest BCUT2D eigenvalue weighted by molar-refractivity contribution is 0.632. The molecule has 1 aromatic heterocycles. The number of hydrogen-bond donors (Lipinski definition) is 3. The molecule has 156 valence electrons. The second kappa shape index (κ2) is 8.90. The summed E-state index contributed by atoms with van der Waals surface area (Å²) in [7, 11) is 0. The monoisotopic (exact) mass is 405 g/mol. The van der Waals surface area contributed by atoms with Crippen molar-refractivity contribution in [1.29, 1.82) is 0 Å². The van der Waals surface area contributed by atoms with Crippen LogP contribution in [0.5, 0.6) is 0 Å². The maximum atomic E-state index is 12.0. The fraction of sp³-hybridized carbons (Fsp3) is 0.304. The lowest BCUT2D eigenvalue weighted by Crippen LogP contribution is -2.41. The Hall–Kier alpha value is -3.48. The van der Waals surface area contributed by atoms with Crippen molar-refractivity contribution in [2.24, 2.45) is 0 Å². The molecule has 0 atom stereocenters. The summed E-state index contributed by atoms with van der Waals surface area (Å²) in [4.78, 5) is 32.5. The van der Waals surface area contributed by atoms with E-state index in [-0.39, 0.29) is 16.9 Å². The van der Waals surface area contributed by atoms with Gasteiger partial charge in [-0.2, -0.15) is 4.98 Å². The summed E-state index contributed by atoms with van der Waals surface area (Å²) in [6.07, 6.45) is 8.03. The van der Waals surface area contributed by atoms with Gasteiger partial charge in [0, 0.05) is 17.4 Å². The second-order valence-corrected chi connectivity index (χ2v) is 8.11. The maximum absolute atomic E-state index is 12.0. The molecule has 7 nitrogen and oxygen atoms in total. The molecule has 3 N–H and O–H groups in total. The minimum atomic E-state index is -0.554. The molecule has 3 aromatic rings. The van der Waals surface area contributed by atoms with Crippen molar-refractivity contribution < 1.29 is 0 Å². The lowest BCUT2D eigenvalue weighted by Gasteiger charge is -2.24. The van der Waals surface area contributed by atoms with E-state index in [1.54, 1.807) is 12.3 Å². The van der Waals surface area contributed by atoms with E-state index in [4.69, 9.17) is 0 Å². The third-order valence-corrected chi connectivity index (χ3v) is 4.25. The molecule has 30 heavy (non-hydrogen) atoms. The predicted molar refractivity (Wildman–Crippen MR) is 124 cm³/mol. The van der Waals surface area contributed by atoms with E-state index in [0.717, 1.165) is 24.1 Å². The van der Waals surface area contributed by atoms with Gasteiger partial charge >= 0.3 is 0 Å². The molecule has 7 heteroatoms. The summed E-state index contributed by atoms with van der Waals surface area (Å²) in [5.41, 5.74) is 1.08. The van der Waals surface area contributed by atoms with E-state index in [2.05, 4.69) is 45.0 Å². The highest BCUT2D eigenvalue weighted by atomic mass is 16.2. The van der Waals surface area contributed by atoms with Crippen LogP contribution in [0.2, 0.25) is 0 Å². The molecule has 0 spiro atoms. The van der Waals surface area contributed by atoms with Gasteiger partial charge in [-0.15, -0.1) is 0 Å². The van der Waals surface area contributed by atoms with Gasteiger partial charge in [-0.05, 0) is 51.0 Å². The van der Waals surface area contributed by atoms with Crippen LogP contribution in [0, 0.1) is 0 Å². The molecular weight excluding hydrogens is 378 g/mol. The van der Waals surface area contributed by atoms with Crippen LogP contribution >= 0.6 is 0 Å². The summed E-state index contributed by atoms with van der Waals surface area (Å²) in [6, 6.07) is 9.59. The molecule has 0 saturated heterocycles. The van der Waals surface area contributed by atoms with E-state index in [9.17, 15) is 9.59 Å². The van der Waals surface area contributed by atoms with Gasteiger partial charge in [-0.1, -0.05) is 37.6 Å². The van der Waals surface area contributed by atoms with Gasteiger partial charge < -0.3 is 16.0 Å². The Balaban J connectivity index is 1.71. The summed E-state index contributed by atoms with van der Waals surface area (Å²) < 4.78 is 0. The zero-order valence-corrected chi connectivity index (χ0v) is 17.7. The van der Waals surface area contributed by atoms with Gasteiger partial charge in [-0.25, -0.2) is 4.98 Å². The van der Waals surface area contributed by atoms with Crippen LogP contribution in [0.15, 0.2) is 52.2 Å². The Kier molecular flexibility index (Phi) is 6.30. The van der Waals surface area contributed by atoms with Gasteiger partial charge in [0.05, 0.1) is 0 Å². The van der Waals surface area contributed by atoms with Crippen molar-refractivity contribution in [3.63, 3.8) is 0 Å². The van der Waals surface area contributed by atoms with Gasteiger partial charge in [0.15, 0.2) is 0 Å². The smallest absolute Gasteiger partial charge is 0.253 e. The van der Waals surface area contributed by atoms with Crippen LogP contribution < -0.4 is 26.8 Å². The van der Waals surface area contributed by atoms with Gasteiger partial charge in [0.1, 0.15) is 17.2 Å². The van der Waals surface area contributed by atoms with Gasteiger partial charge in [-0.3, -0.25) is 9.59 Å². The number of nitrogens with one attached hydrogen (secondary N) is 3. The highest BCUT2D eigenvalue weighted by Gasteiger charge is 2.25. The van der Waals surface area contributed by atoms with E-state index >= 15 is 0 Å². The minimum Gasteiger partial charge on any atom is -0.375 e. The lowest BCUT2D eigenvalue weighted by atomic mass is 10.1. The number of unbranched alkanes of at least 4 members (excludes halogenated alkanes) is 1. The molecule has 0 unspecified atom stereocenters. The van der Waals surface area contributed by atoms with Crippen LogP contribution in [-0.4, -0.2) is 15.5 Å². The van der Waals surface area contributed by atoms with Gasteiger partial charge in [0.2, 0.25) is 5.95 Å². The van der Waals surface area contributed by atoms with Crippen LogP contribution in [-0.2, 0) is 0 Å². The largest absolute Gasteiger partial charge is 0.375 e. The Morgan fingerprint density at radius 3 is 2.33 bits per heavy atom. The number of benzene rings is 1. The highest BCUT2D eigenvalue weighted by molar-refractivity contribution is 5.78. The molecule has 0 bridgehead atoms. The van der Waals surface area contributed by atoms with E-state index in [1.807, 2.05) is 45.0 Å². The Bertz CT molecular complexity index is 1100. The molecule has 0 aliphatic heterocycles. The zero-order chi connectivity index (χ0) is 21.7. The van der Waals surface area contributed by atoms with Crippen molar-refractivity contribution in [2.75, 3.05) is 16.0 Å². The molecular formula is C23H27N5O2. The van der Waals surface area contributed by atoms with Crippen LogP contribution in [0.4, 0.5) is 28.8 Å². The molecule has 0 aliphatic carbocycles. The summed E-state index contributed by atoms with van der Waals surface area (Å²) in [5, 5.41) is 9.16. The number of anilines is 5. The SMILES string of the molecule is CCCC=Cc1ccc(Nc2nccc(Nc3c(NC(C)(C)C)c(=O)c3=O)n2)cc1. The van der Waals surface area contributed by atoms with Crippen molar-refractivity contribution in [3.05, 3.63) is 68.6 Å². The van der Waals surface area contributed by atoms with E-state index in [0.29, 0.717) is 11.8 Å². The number of hydrogen-bond acceptors (Lipinski definition) is 7. The summed E-state index contributed by atoms with van der Waals surface area (Å²) in [5.74, 6) is 0.814. The quantitative estimate of drug-likeness (QED) is 0.472. The first-order chi connectivity index (χ1) is 14.3. The van der Waals surface area contributed by atoms with Gasteiger partial charge in [0.25, 0.3) is 10.9 Å². The van der Waals surface area contributed by atoms with Crippen molar-refractivity contribution in [3.8, 4) is 0 Å². The highest BCUT2D eigenvalue weighted by Crippen LogP contribution is 2.23. The first kappa shape index (κ1) is 21.2. The summed E-state index contributed by atoms with van der Waals surface area (Å²) in [6.45, 7) is 7.92. The molecule has 1 heterocycles. The molecule has 0 saturated carbocycles. The van der Waals surface area contributed by atoms with Crippen molar-refractivity contribution in [1.82, 2.24) is 9.97 Å². The molecule has 0 radical (unpaired) electrons. The Labute approximate surface area is 176 Å². The molecule has 0 aliphatic rings. The molecule has 2 aromatic carbocycles. The average molecular weight is 406 g/mol. The predicted octanol–water partition coefficient (Wildman–Crippen LogP) is 4.58. The maximum Gasteiger partial charge on any atom is 0.253 e. The minimum absolute atomic E-state index is 0.225. The van der Waals surface area contributed by atoms with Crippen molar-refractivity contribution in [2.45, 2.75) is 46.1 Å². The fourth-order valence-electron chi connectivity index (χ4n) is 2.81. The van der Waals surface area contributed by atoms with Crippen LogP contribution in [0.1, 0.15) is 46.1 Å². The summed E-state index contributed by atoms with van der Waals surface area (Å²) >= 11 is 0. The van der Waals surface area contributed by atoms with Crippen molar-refractivity contribution >= 4 is 34.9 Å². The Morgan fingerprint density at radius 2 is 1.67 bits per heavy atom. The number of rotatable bonds is 8. The standard InChI is InChI=1S/C23H27N5O2/c1-5-6-7-8-15-9-11-16(12-10-15)25-22-24-14-13-17(27-22)26-18-19(21(30)20(18)29)28-23(2,3)4/h7-14,28H,5-6H2,1-4H3,(H2,24,25,26,27). The van der Waals surface area contributed by atoms with E-state index < -0.39 is 10.9 Å². The number of aromatic nitrogens is 2. The first-order valence-corrected chi connectivity index (χ1v) is 10.0. The zero-order valence-electron chi connectivity index (χ0n) is 17.7. The topological polar surface area (TPSA) is 96.0 Å². The molecule has 0 fully saturated rings.